The maximum absolute atomic E-state index is 11.1. The minimum atomic E-state index is -0.361. The smallest absolute Gasteiger partial charge is 0.278 e. The number of non-ortho nitro benzene ring substituents is 1. The van der Waals surface area contributed by atoms with Crippen LogP contribution in [0, 0.1) is 10.1 Å². The number of benzene rings is 1. The third kappa shape index (κ3) is 3.01. The lowest BCUT2D eigenvalue weighted by Crippen LogP contribution is -2.30. The second-order valence-electron chi connectivity index (χ2n) is 5.58. The van der Waals surface area contributed by atoms with Gasteiger partial charge in [-0.15, -0.1) is 0 Å². The van der Waals surface area contributed by atoms with Crippen LogP contribution in [-0.4, -0.2) is 40.5 Å². The Balaban J connectivity index is 1.76. The Morgan fingerprint density at radius 1 is 1.41 bits per heavy atom. The molecule has 2 aromatic rings. The van der Waals surface area contributed by atoms with Crippen molar-refractivity contribution in [1.29, 1.82) is 0 Å². The predicted molar refractivity (Wildman–Crippen MR) is 87.2 cm³/mol. The van der Waals surface area contributed by atoms with Crippen molar-refractivity contribution < 1.29 is 4.92 Å². The first-order chi connectivity index (χ1) is 10.7. The number of likely N-dealkylation sites (N-methyl/N-ethyl adjacent to an activating group) is 1. The highest BCUT2D eigenvalue weighted by Gasteiger charge is 2.27. The molecule has 116 valence electrons. The first-order valence-electron chi connectivity index (χ1n) is 7.70. The molecular weight excluding hydrogens is 280 g/mol. The molecule has 1 aromatic heterocycles. The van der Waals surface area contributed by atoms with Crippen molar-refractivity contribution in [2.24, 2.45) is 0 Å². The molecule has 0 radical (unpaired) electrons. The lowest BCUT2D eigenvalue weighted by Gasteiger charge is -2.20. The number of nitrogens with one attached hydrogen (secondary N) is 1. The quantitative estimate of drug-likeness (QED) is 0.628. The van der Waals surface area contributed by atoms with Gasteiger partial charge < -0.3 is 5.32 Å². The van der Waals surface area contributed by atoms with Gasteiger partial charge in [-0.25, -0.2) is 0 Å². The van der Waals surface area contributed by atoms with Gasteiger partial charge in [0.25, 0.3) is 5.69 Å². The maximum atomic E-state index is 11.1. The number of nitrogens with zero attached hydrogens (tertiary/aromatic N) is 3. The maximum Gasteiger partial charge on any atom is 0.278 e. The number of nitro groups is 1. The van der Waals surface area contributed by atoms with Crippen molar-refractivity contribution in [3.8, 4) is 0 Å². The third-order valence-corrected chi connectivity index (χ3v) is 4.13. The molecule has 0 saturated heterocycles. The van der Waals surface area contributed by atoms with Crippen LogP contribution in [0.25, 0.3) is 10.9 Å². The van der Waals surface area contributed by atoms with E-state index in [1.54, 1.807) is 30.5 Å². The summed E-state index contributed by atoms with van der Waals surface area (Å²) in [6.45, 7) is 5.03. The van der Waals surface area contributed by atoms with Crippen LogP contribution >= 0.6 is 0 Å². The fraction of sp³-hybridized carbons (Fsp3) is 0.438. The molecule has 1 saturated carbocycles. The summed E-state index contributed by atoms with van der Waals surface area (Å²) in [5, 5.41) is 15.1. The highest BCUT2D eigenvalue weighted by atomic mass is 16.6. The van der Waals surface area contributed by atoms with E-state index in [0.29, 0.717) is 10.9 Å². The van der Waals surface area contributed by atoms with E-state index in [1.807, 2.05) is 0 Å². The highest BCUT2D eigenvalue weighted by Crippen LogP contribution is 2.30. The number of fused-ring (bicyclic) bond motifs is 1. The molecule has 0 atom stereocenters. The second kappa shape index (κ2) is 6.27. The average molecular weight is 300 g/mol. The van der Waals surface area contributed by atoms with Gasteiger partial charge in [-0.1, -0.05) is 6.92 Å². The summed E-state index contributed by atoms with van der Waals surface area (Å²) in [7, 11) is 0. The number of anilines is 1. The van der Waals surface area contributed by atoms with Crippen molar-refractivity contribution in [3.05, 3.63) is 40.6 Å². The summed E-state index contributed by atoms with van der Waals surface area (Å²) in [5.74, 6) is 0. The minimum absolute atomic E-state index is 0.0989. The summed E-state index contributed by atoms with van der Waals surface area (Å²) in [6.07, 6.45) is 4.27. The Labute approximate surface area is 129 Å². The van der Waals surface area contributed by atoms with Crippen LogP contribution in [0.15, 0.2) is 30.5 Å². The molecule has 1 heterocycles. The first kappa shape index (κ1) is 14.7. The molecule has 0 amide bonds. The van der Waals surface area contributed by atoms with Crippen LogP contribution < -0.4 is 5.32 Å². The number of hydrogen-bond donors (Lipinski definition) is 1. The van der Waals surface area contributed by atoms with Crippen molar-refractivity contribution in [2.45, 2.75) is 25.8 Å². The average Bonchev–Trinajstić information content (AvgIpc) is 3.36. The van der Waals surface area contributed by atoms with Crippen molar-refractivity contribution in [3.63, 3.8) is 0 Å². The van der Waals surface area contributed by atoms with E-state index >= 15 is 0 Å². The van der Waals surface area contributed by atoms with E-state index < -0.39 is 0 Å². The van der Waals surface area contributed by atoms with Gasteiger partial charge in [0, 0.05) is 31.4 Å². The number of rotatable bonds is 7. The number of hydrogen-bond acceptors (Lipinski definition) is 5. The van der Waals surface area contributed by atoms with Gasteiger partial charge in [0.05, 0.1) is 16.0 Å². The molecule has 0 aliphatic heterocycles. The lowest BCUT2D eigenvalue weighted by molar-refractivity contribution is -0.383. The molecule has 22 heavy (non-hydrogen) atoms. The SMILES string of the molecule is CCN(CCNc1ccc([N+](=O)[O-])c2cccnc12)C1CC1. The number of nitro benzene ring substituents is 1. The third-order valence-electron chi connectivity index (χ3n) is 4.13. The zero-order chi connectivity index (χ0) is 15.5. The van der Waals surface area contributed by atoms with Crippen molar-refractivity contribution in [1.82, 2.24) is 9.88 Å². The molecule has 1 fully saturated rings. The van der Waals surface area contributed by atoms with Crippen LogP contribution in [0.3, 0.4) is 0 Å². The summed E-state index contributed by atoms with van der Waals surface area (Å²) < 4.78 is 0. The van der Waals surface area contributed by atoms with E-state index in [2.05, 4.69) is 22.1 Å². The van der Waals surface area contributed by atoms with Gasteiger partial charge in [-0.2, -0.15) is 0 Å². The molecule has 0 unspecified atom stereocenters. The van der Waals surface area contributed by atoms with E-state index in [9.17, 15) is 10.1 Å². The zero-order valence-corrected chi connectivity index (χ0v) is 12.7. The lowest BCUT2D eigenvalue weighted by atomic mass is 10.1. The topological polar surface area (TPSA) is 71.3 Å². The van der Waals surface area contributed by atoms with Crippen LogP contribution in [-0.2, 0) is 0 Å². The van der Waals surface area contributed by atoms with Gasteiger partial charge in [0.1, 0.15) is 5.52 Å². The Bertz CT molecular complexity index is 685. The molecule has 6 nitrogen and oxygen atoms in total. The molecule has 6 heteroatoms. The largest absolute Gasteiger partial charge is 0.382 e. The molecule has 1 aliphatic rings. The Kier molecular flexibility index (Phi) is 4.20. The summed E-state index contributed by atoms with van der Waals surface area (Å²) in [5.41, 5.74) is 1.61. The Hall–Kier alpha value is -2.21. The fourth-order valence-electron chi connectivity index (χ4n) is 2.83. The van der Waals surface area contributed by atoms with Crippen LogP contribution in [0.2, 0.25) is 0 Å². The van der Waals surface area contributed by atoms with Gasteiger partial charge >= 0.3 is 0 Å². The molecular formula is C16H20N4O2. The van der Waals surface area contributed by atoms with Crippen LogP contribution in [0.1, 0.15) is 19.8 Å². The van der Waals surface area contributed by atoms with Gasteiger partial charge in [-0.3, -0.25) is 20.0 Å². The molecule has 0 spiro atoms. The first-order valence-corrected chi connectivity index (χ1v) is 7.70. The Morgan fingerprint density at radius 3 is 2.91 bits per heavy atom. The monoisotopic (exact) mass is 300 g/mol. The summed E-state index contributed by atoms with van der Waals surface area (Å²) >= 11 is 0. The Morgan fingerprint density at radius 2 is 2.23 bits per heavy atom. The van der Waals surface area contributed by atoms with Gasteiger partial charge in [0.15, 0.2) is 0 Å². The minimum Gasteiger partial charge on any atom is -0.382 e. The van der Waals surface area contributed by atoms with Crippen LogP contribution in [0.5, 0.6) is 0 Å². The summed E-state index contributed by atoms with van der Waals surface area (Å²) in [6, 6.07) is 7.52. The highest BCUT2D eigenvalue weighted by molar-refractivity contribution is 5.96. The van der Waals surface area contributed by atoms with Gasteiger partial charge in [-0.05, 0) is 37.6 Å². The normalized spacial score (nSPS) is 14.5. The number of aromatic nitrogens is 1. The van der Waals surface area contributed by atoms with E-state index in [1.165, 1.54) is 12.8 Å². The molecule has 0 bridgehead atoms. The predicted octanol–water partition coefficient (Wildman–Crippen LogP) is 3.04. The fourth-order valence-corrected chi connectivity index (χ4v) is 2.83. The summed E-state index contributed by atoms with van der Waals surface area (Å²) in [4.78, 5) is 17.5. The molecule has 1 N–H and O–H groups in total. The van der Waals surface area contributed by atoms with E-state index in [0.717, 1.165) is 31.4 Å². The molecule has 1 aromatic carbocycles. The second-order valence-corrected chi connectivity index (χ2v) is 5.58. The standard InChI is InChI=1S/C16H20N4O2/c1-2-19(12-5-6-12)11-10-17-14-7-8-15(20(21)22)13-4-3-9-18-16(13)14/h3-4,7-9,12,17H,2,5-6,10-11H2,1H3. The molecule has 3 rings (SSSR count). The van der Waals surface area contributed by atoms with Gasteiger partial charge in [0.2, 0.25) is 0 Å². The van der Waals surface area contributed by atoms with Crippen LogP contribution in [0.4, 0.5) is 11.4 Å². The van der Waals surface area contributed by atoms with Crippen molar-refractivity contribution >= 4 is 22.3 Å². The van der Waals surface area contributed by atoms with E-state index in [4.69, 9.17) is 0 Å². The number of pyridine rings is 1. The van der Waals surface area contributed by atoms with Crippen molar-refractivity contribution in [2.75, 3.05) is 25.0 Å². The molecule has 1 aliphatic carbocycles. The zero-order valence-electron chi connectivity index (χ0n) is 12.7. The van der Waals surface area contributed by atoms with E-state index in [-0.39, 0.29) is 10.6 Å².